The standard InChI is InChI=1S/C16H23N3O2.2C2HF3O2/c1-21-11-14-15(20)18-12-16(14)4-8-19(9-5-16)10-13-2-6-17-7-3-13;2*3-2(4,5)1(6)7/h2-3,6-7,14H,4-5,8-12H2,1H3,(H,18,20);2*(H,6,7). The number of hydrogen-bond donors (Lipinski definition) is 3. The molecule has 198 valence electrons. The number of alkyl halides is 6. The summed E-state index contributed by atoms with van der Waals surface area (Å²) in [6.45, 7) is 4.39. The summed E-state index contributed by atoms with van der Waals surface area (Å²) in [4.78, 5) is 36.3. The monoisotopic (exact) mass is 517 g/mol. The van der Waals surface area contributed by atoms with E-state index < -0.39 is 24.3 Å². The minimum atomic E-state index is -5.08. The Morgan fingerprint density at radius 1 is 1.09 bits per heavy atom. The fourth-order valence-corrected chi connectivity index (χ4v) is 3.63. The average Bonchev–Trinajstić information content (AvgIpc) is 3.06. The molecule has 9 nitrogen and oxygen atoms in total. The average molecular weight is 517 g/mol. The highest BCUT2D eigenvalue weighted by Gasteiger charge is 2.49. The Kier molecular flexibility index (Phi) is 10.9. The topological polar surface area (TPSA) is 129 Å². The van der Waals surface area contributed by atoms with Crippen LogP contribution in [0.25, 0.3) is 0 Å². The lowest BCUT2D eigenvalue weighted by Crippen LogP contribution is -2.45. The number of rotatable bonds is 4. The van der Waals surface area contributed by atoms with Crippen molar-refractivity contribution in [1.82, 2.24) is 15.2 Å². The molecule has 1 amide bonds. The molecule has 0 radical (unpaired) electrons. The van der Waals surface area contributed by atoms with Gasteiger partial charge in [0.05, 0.1) is 12.5 Å². The number of ether oxygens (including phenoxy) is 1. The summed E-state index contributed by atoms with van der Waals surface area (Å²) >= 11 is 0. The summed E-state index contributed by atoms with van der Waals surface area (Å²) in [5, 5.41) is 17.3. The van der Waals surface area contributed by atoms with Crippen LogP contribution in [0, 0.1) is 11.3 Å². The fourth-order valence-electron chi connectivity index (χ4n) is 3.63. The molecule has 2 aliphatic rings. The lowest BCUT2D eigenvalue weighted by Gasteiger charge is -2.41. The van der Waals surface area contributed by atoms with Gasteiger partial charge in [-0.05, 0) is 43.6 Å². The van der Waals surface area contributed by atoms with E-state index in [-0.39, 0.29) is 17.2 Å². The van der Waals surface area contributed by atoms with Crippen LogP contribution in [-0.2, 0) is 25.7 Å². The van der Waals surface area contributed by atoms with Crippen molar-refractivity contribution in [2.75, 3.05) is 33.4 Å². The first-order valence-corrected chi connectivity index (χ1v) is 10.1. The van der Waals surface area contributed by atoms with Crippen LogP contribution in [0.4, 0.5) is 26.3 Å². The molecular formula is C20H25F6N3O6. The maximum absolute atomic E-state index is 12.0. The minimum absolute atomic E-state index is 0.0191. The zero-order chi connectivity index (χ0) is 26.9. The van der Waals surface area contributed by atoms with Gasteiger partial charge in [-0.2, -0.15) is 26.3 Å². The van der Waals surface area contributed by atoms with Gasteiger partial charge in [0.15, 0.2) is 0 Å². The van der Waals surface area contributed by atoms with Gasteiger partial charge >= 0.3 is 24.3 Å². The number of hydrogen-bond acceptors (Lipinski definition) is 6. The van der Waals surface area contributed by atoms with E-state index in [0.717, 1.165) is 39.0 Å². The Hall–Kier alpha value is -2.94. The number of nitrogens with zero attached hydrogens (tertiary/aromatic N) is 2. The van der Waals surface area contributed by atoms with Crippen molar-refractivity contribution in [2.45, 2.75) is 31.7 Å². The molecule has 2 fully saturated rings. The van der Waals surface area contributed by atoms with Crippen molar-refractivity contribution < 1.29 is 55.7 Å². The first kappa shape index (κ1) is 30.1. The van der Waals surface area contributed by atoms with Crippen LogP contribution in [0.15, 0.2) is 24.5 Å². The molecule has 1 unspecified atom stereocenters. The number of piperidine rings is 1. The summed E-state index contributed by atoms with van der Waals surface area (Å²) < 4.78 is 68.7. The molecule has 1 atom stereocenters. The Bertz CT molecular complexity index is 818. The molecule has 3 heterocycles. The minimum Gasteiger partial charge on any atom is -0.475 e. The van der Waals surface area contributed by atoms with Crippen molar-refractivity contribution >= 4 is 17.8 Å². The van der Waals surface area contributed by atoms with Crippen molar-refractivity contribution in [3.05, 3.63) is 30.1 Å². The van der Waals surface area contributed by atoms with E-state index in [1.165, 1.54) is 5.56 Å². The van der Waals surface area contributed by atoms with Gasteiger partial charge in [0, 0.05) is 38.0 Å². The predicted molar refractivity (Wildman–Crippen MR) is 107 cm³/mol. The van der Waals surface area contributed by atoms with E-state index in [2.05, 4.69) is 27.3 Å². The van der Waals surface area contributed by atoms with Gasteiger partial charge in [-0.15, -0.1) is 0 Å². The smallest absolute Gasteiger partial charge is 0.475 e. The number of halogens is 6. The first-order valence-electron chi connectivity index (χ1n) is 10.1. The molecule has 2 aliphatic heterocycles. The van der Waals surface area contributed by atoms with Crippen LogP contribution < -0.4 is 5.32 Å². The molecule has 0 bridgehead atoms. The zero-order valence-electron chi connectivity index (χ0n) is 18.5. The van der Waals surface area contributed by atoms with Crippen LogP contribution in [0.1, 0.15) is 18.4 Å². The van der Waals surface area contributed by atoms with Crippen LogP contribution in [0.3, 0.4) is 0 Å². The van der Waals surface area contributed by atoms with Crippen molar-refractivity contribution in [2.24, 2.45) is 11.3 Å². The number of aliphatic carboxylic acids is 2. The molecule has 1 spiro atoms. The number of carbonyl (C=O) groups is 3. The highest BCUT2D eigenvalue weighted by Crippen LogP contribution is 2.42. The molecule has 15 heteroatoms. The quantitative estimate of drug-likeness (QED) is 0.519. The van der Waals surface area contributed by atoms with Crippen molar-refractivity contribution in [3.63, 3.8) is 0 Å². The number of carboxylic acids is 2. The van der Waals surface area contributed by atoms with E-state index in [1.54, 1.807) is 7.11 Å². The van der Waals surface area contributed by atoms with Crippen LogP contribution in [0.2, 0.25) is 0 Å². The molecule has 1 aromatic heterocycles. The molecule has 3 N–H and O–H groups in total. The number of carbonyl (C=O) groups excluding carboxylic acids is 1. The van der Waals surface area contributed by atoms with Crippen LogP contribution >= 0.6 is 0 Å². The van der Waals surface area contributed by atoms with Gasteiger partial charge in [0.2, 0.25) is 5.91 Å². The summed E-state index contributed by atoms with van der Waals surface area (Å²) in [5.41, 5.74) is 1.40. The largest absolute Gasteiger partial charge is 0.490 e. The highest BCUT2D eigenvalue weighted by atomic mass is 19.4. The van der Waals surface area contributed by atoms with E-state index >= 15 is 0 Å². The number of pyridine rings is 1. The Labute approximate surface area is 196 Å². The van der Waals surface area contributed by atoms with Crippen LogP contribution in [-0.4, -0.2) is 83.6 Å². The van der Waals surface area contributed by atoms with E-state index in [0.29, 0.717) is 6.61 Å². The third-order valence-electron chi connectivity index (χ3n) is 5.50. The molecule has 35 heavy (non-hydrogen) atoms. The van der Waals surface area contributed by atoms with Gasteiger partial charge in [-0.3, -0.25) is 14.7 Å². The summed E-state index contributed by atoms with van der Waals surface area (Å²) in [7, 11) is 1.68. The number of likely N-dealkylation sites (tertiary alicyclic amines) is 1. The maximum Gasteiger partial charge on any atom is 0.490 e. The number of nitrogens with one attached hydrogen (secondary N) is 1. The first-order chi connectivity index (χ1) is 16.1. The zero-order valence-corrected chi connectivity index (χ0v) is 18.5. The summed E-state index contributed by atoms with van der Waals surface area (Å²) in [5.74, 6) is -5.33. The van der Waals surface area contributed by atoms with Gasteiger partial charge in [-0.1, -0.05) is 0 Å². The van der Waals surface area contributed by atoms with Crippen molar-refractivity contribution in [3.8, 4) is 0 Å². The predicted octanol–water partition coefficient (Wildman–Crippen LogP) is 2.32. The van der Waals surface area contributed by atoms with E-state index in [9.17, 15) is 31.1 Å². The third-order valence-corrected chi connectivity index (χ3v) is 5.50. The summed E-state index contributed by atoms with van der Waals surface area (Å²) in [6, 6.07) is 4.14. The molecule has 0 aromatic carbocycles. The fraction of sp³-hybridized carbons (Fsp3) is 0.600. The van der Waals surface area contributed by atoms with E-state index in [4.69, 9.17) is 24.5 Å². The Morgan fingerprint density at radius 3 is 1.94 bits per heavy atom. The lowest BCUT2D eigenvalue weighted by molar-refractivity contribution is -0.193. The highest BCUT2D eigenvalue weighted by molar-refractivity contribution is 5.82. The third kappa shape index (κ3) is 9.68. The van der Waals surface area contributed by atoms with Gasteiger partial charge < -0.3 is 20.3 Å². The number of carboxylic acid groups (broad SMARTS) is 2. The molecular weight excluding hydrogens is 492 g/mol. The summed E-state index contributed by atoms with van der Waals surface area (Å²) in [6.07, 6.45) is -4.36. The van der Waals surface area contributed by atoms with Gasteiger partial charge in [0.25, 0.3) is 0 Å². The van der Waals surface area contributed by atoms with E-state index in [1.807, 2.05) is 12.4 Å². The molecule has 3 rings (SSSR count). The second-order valence-electron chi connectivity index (χ2n) is 7.83. The second-order valence-corrected chi connectivity index (χ2v) is 7.83. The van der Waals surface area contributed by atoms with Gasteiger partial charge in [-0.25, -0.2) is 9.59 Å². The van der Waals surface area contributed by atoms with Gasteiger partial charge in [0.1, 0.15) is 0 Å². The second kappa shape index (κ2) is 12.7. The number of amides is 1. The molecule has 2 saturated heterocycles. The SMILES string of the molecule is COCC1C(=O)NCC12CCN(Cc1ccncc1)CC2.O=C(O)C(F)(F)F.O=C(O)C(F)(F)F. The molecule has 0 saturated carbocycles. The number of methoxy groups -OCH3 is 1. The Balaban J connectivity index is 0.000000362. The lowest BCUT2D eigenvalue weighted by atomic mass is 9.71. The maximum atomic E-state index is 12.0. The number of aromatic nitrogens is 1. The van der Waals surface area contributed by atoms with Crippen molar-refractivity contribution in [1.29, 1.82) is 0 Å². The molecule has 1 aromatic rings. The van der Waals surface area contributed by atoms with Crippen LogP contribution in [0.5, 0.6) is 0 Å². The molecule has 0 aliphatic carbocycles. The Morgan fingerprint density at radius 2 is 1.54 bits per heavy atom. The normalized spacial score (nSPS) is 19.6.